The number of phenols is 1. The lowest BCUT2D eigenvalue weighted by molar-refractivity contribution is -0.131. The molecule has 0 fully saturated rings. The van der Waals surface area contributed by atoms with E-state index in [0.29, 0.717) is 17.1 Å². The number of aromatic hydroxyl groups is 1. The molecule has 9 heteroatoms. The fraction of sp³-hybridized carbons (Fsp3) is 0.241. The van der Waals surface area contributed by atoms with Crippen LogP contribution in [0.1, 0.15) is 25.3 Å². The van der Waals surface area contributed by atoms with Crippen LogP contribution in [0, 0.1) is 0 Å². The number of fused-ring (bicyclic) bond motifs is 1. The van der Waals surface area contributed by atoms with Crippen LogP contribution < -0.4 is 25.1 Å². The van der Waals surface area contributed by atoms with Gasteiger partial charge in [0.1, 0.15) is 28.2 Å². The van der Waals surface area contributed by atoms with Crippen molar-refractivity contribution in [3.05, 3.63) is 82.5 Å². The second-order valence-corrected chi connectivity index (χ2v) is 8.79. The molecule has 198 valence electrons. The van der Waals surface area contributed by atoms with Crippen molar-refractivity contribution in [3.8, 4) is 34.3 Å². The maximum absolute atomic E-state index is 12.8. The number of phenolic OH excluding ortho intramolecular Hbond substituents is 1. The summed E-state index contributed by atoms with van der Waals surface area (Å²) >= 11 is 0. The van der Waals surface area contributed by atoms with E-state index in [2.05, 4.69) is 12.1 Å². The van der Waals surface area contributed by atoms with Gasteiger partial charge in [-0.25, -0.2) is 5.48 Å². The van der Waals surface area contributed by atoms with Crippen LogP contribution >= 0.6 is 0 Å². The van der Waals surface area contributed by atoms with Crippen LogP contribution in [0.4, 0.5) is 0 Å². The first-order chi connectivity index (χ1) is 18.4. The SMILES string of the molecule is COc1ccc(-c2cc(=O)c3c(O)cc(OCC(=O)NO)cc3o2)cc1OC(C)CCCc1ccccc1. The molecule has 0 radical (unpaired) electrons. The number of hydrogen-bond donors (Lipinski definition) is 3. The summed E-state index contributed by atoms with van der Waals surface area (Å²) < 4.78 is 22.9. The van der Waals surface area contributed by atoms with Gasteiger partial charge in [0.25, 0.3) is 5.91 Å². The van der Waals surface area contributed by atoms with Gasteiger partial charge in [0.05, 0.1) is 13.2 Å². The summed E-state index contributed by atoms with van der Waals surface area (Å²) in [6, 6.07) is 19.4. The summed E-state index contributed by atoms with van der Waals surface area (Å²) in [4.78, 5) is 24.1. The van der Waals surface area contributed by atoms with Gasteiger partial charge >= 0.3 is 0 Å². The Bertz CT molecular complexity index is 1470. The minimum Gasteiger partial charge on any atom is -0.507 e. The van der Waals surface area contributed by atoms with E-state index in [1.807, 2.05) is 25.1 Å². The first-order valence-corrected chi connectivity index (χ1v) is 12.1. The summed E-state index contributed by atoms with van der Waals surface area (Å²) in [5.41, 5.74) is 2.92. The van der Waals surface area contributed by atoms with Gasteiger partial charge in [-0.1, -0.05) is 30.3 Å². The average molecular weight is 520 g/mol. The molecule has 0 aliphatic carbocycles. The van der Waals surface area contributed by atoms with Crippen molar-refractivity contribution in [2.24, 2.45) is 0 Å². The summed E-state index contributed by atoms with van der Waals surface area (Å²) in [6.07, 6.45) is 2.67. The molecule has 1 unspecified atom stereocenters. The van der Waals surface area contributed by atoms with Crippen LogP contribution in [-0.2, 0) is 11.2 Å². The number of aryl methyl sites for hydroxylation is 1. The lowest BCUT2D eigenvalue weighted by Crippen LogP contribution is -2.25. The number of hydrogen-bond acceptors (Lipinski definition) is 8. The van der Waals surface area contributed by atoms with Gasteiger partial charge in [-0.3, -0.25) is 14.8 Å². The smallest absolute Gasteiger partial charge is 0.281 e. The number of ether oxygens (including phenoxy) is 3. The quantitative estimate of drug-likeness (QED) is 0.190. The lowest BCUT2D eigenvalue weighted by atomic mass is 10.1. The van der Waals surface area contributed by atoms with E-state index in [4.69, 9.17) is 23.8 Å². The second kappa shape index (κ2) is 12.2. The fourth-order valence-corrected chi connectivity index (χ4v) is 4.09. The topological polar surface area (TPSA) is 127 Å². The minimum absolute atomic E-state index is 0.0234. The van der Waals surface area contributed by atoms with Gasteiger partial charge in [-0.15, -0.1) is 0 Å². The van der Waals surface area contributed by atoms with E-state index in [-0.39, 0.29) is 34.3 Å². The zero-order valence-electron chi connectivity index (χ0n) is 21.1. The van der Waals surface area contributed by atoms with Crippen LogP contribution in [0.5, 0.6) is 23.0 Å². The van der Waals surface area contributed by atoms with Crippen LogP contribution in [0.2, 0.25) is 0 Å². The normalized spacial score (nSPS) is 11.7. The molecule has 0 saturated heterocycles. The molecule has 38 heavy (non-hydrogen) atoms. The molecule has 0 saturated carbocycles. The Morgan fingerprint density at radius 3 is 2.58 bits per heavy atom. The molecule has 0 spiro atoms. The van der Waals surface area contributed by atoms with E-state index in [0.717, 1.165) is 19.3 Å². The van der Waals surface area contributed by atoms with E-state index >= 15 is 0 Å². The molecule has 1 aromatic heterocycles. The summed E-state index contributed by atoms with van der Waals surface area (Å²) in [5.74, 6) is 0.251. The van der Waals surface area contributed by atoms with E-state index in [1.54, 1.807) is 25.3 Å². The number of nitrogens with one attached hydrogen (secondary N) is 1. The number of carbonyl (C=O) groups is 1. The van der Waals surface area contributed by atoms with E-state index < -0.39 is 17.9 Å². The zero-order valence-corrected chi connectivity index (χ0v) is 21.1. The van der Waals surface area contributed by atoms with Crippen LogP contribution in [0.15, 0.2) is 75.9 Å². The van der Waals surface area contributed by atoms with Gasteiger partial charge in [0.2, 0.25) is 0 Å². The molecule has 4 rings (SSSR count). The highest BCUT2D eigenvalue weighted by Gasteiger charge is 2.16. The second-order valence-electron chi connectivity index (χ2n) is 8.79. The molecule has 1 amide bonds. The molecular formula is C29H29NO8. The Hall–Kier alpha value is -4.50. The Labute approximate surface area is 219 Å². The fourth-order valence-electron chi connectivity index (χ4n) is 4.09. The molecule has 1 atom stereocenters. The standard InChI is InChI=1S/C29H29NO8/c1-18(7-6-10-19-8-4-3-5-9-19)37-26-13-20(11-12-24(26)35-2)25-16-23(32)29-22(31)14-21(15-27(29)38-25)36-17-28(33)30-34/h3-5,8-9,11-16,18,31,34H,6-7,10,17H2,1-2H3,(H,30,33). The number of hydroxylamine groups is 1. The molecule has 3 aromatic carbocycles. The third-order valence-electron chi connectivity index (χ3n) is 5.97. The van der Waals surface area contributed by atoms with E-state index in [1.165, 1.54) is 29.2 Å². The molecule has 1 heterocycles. The number of rotatable bonds is 11. The lowest BCUT2D eigenvalue weighted by Gasteiger charge is -2.18. The zero-order chi connectivity index (χ0) is 27.1. The van der Waals surface area contributed by atoms with Crippen molar-refractivity contribution in [3.63, 3.8) is 0 Å². The van der Waals surface area contributed by atoms with Gasteiger partial charge in [-0.2, -0.15) is 0 Å². The molecule has 0 aliphatic heterocycles. The van der Waals surface area contributed by atoms with Crippen LogP contribution in [0.3, 0.4) is 0 Å². The van der Waals surface area contributed by atoms with Crippen molar-refractivity contribution in [1.29, 1.82) is 0 Å². The highest BCUT2D eigenvalue weighted by atomic mass is 16.5. The van der Waals surface area contributed by atoms with Crippen molar-refractivity contribution in [2.75, 3.05) is 13.7 Å². The first-order valence-electron chi connectivity index (χ1n) is 12.1. The van der Waals surface area contributed by atoms with E-state index in [9.17, 15) is 14.7 Å². The van der Waals surface area contributed by atoms with Crippen LogP contribution in [-0.4, -0.2) is 36.0 Å². The Morgan fingerprint density at radius 2 is 1.84 bits per heavy atom. The highest BCUT2D eigenvalue weighted by Crippen LogP contribution is 2.36. The predicted octanol–water partition coefficient (Wildman–Crippen LogP) is 4.85. The van der Waals surface area contributed by atoms with Crippen LogP contribution in [0.25, 0.3) is 22.3 Å². The van der Waals surface area contributed by atoms with Crippen molar-refractivity contribution in [1.82, 2.24) is 5.48 Å². The molecule has 9 nitrogen and oxygen atoms in total. The van der Waals surface area contributed by atoms with Crippen molar-refractivity contribution < 1.29 is 33.7 Å². The van der Waals surface area contributed by atoms with Gasteiger partial charge in [-0.05, 0) is 49.9 Å². The third kappa shape index (κ3) is 6.43. The minimum atomic E-state index is -0.778. The average Bonchev–Trinajstić information content (AvgIpc) is 2.91. The largest absolute Gasteiger partial charge is 0.507 e. The third-order valence-corrected chi connectivity index (χ3v) is 5.97. The van der Waals surface area contributed by atoms with Gasteiger partial charge in [0.15, 0.2) is 23.5 Å². The molecule has 0 aliphatic rings. The summed E-state index contributed by atoms with van der Waals surface area (Å²) in [5, 5.41) is 19.0. The Morgan fingerprint density at radius 1 is 1.05 bits per heavy atom. The Balaban J connectivity index is 1.56. The molecule has 4 aromatic rings. The monoisotopic (exact) mass is 519 g/mol. The predicted molar refractivity (Wildman–Crippen MR) is 141 cm³/mol. The number of carbonyl (C=O) groups excluding carboxylic acids is 1. The maximum atomic E-state index is 12.8. The first kappa shape index (κ1) is 26.6. The van der Waals surface area contributed by atoms with Crippen molar-refractivity contribution >= 4 is 16.9 Å². The molecular weight excluding hydrogens is 490 g/mol. The van der Waals surface area contributed by atoms with Gasteiger partial charge < -0.3 is 23.7 Å². The van der Waals surface area contributed by atoms with Gasteiger partial charge in [0, 0.05) is 23.8 Å². The summed E-state index contributed by atoms with van der Waals surface area (Å²) in [6.45, 7) is 1.50. The number of methoxy groups -OCH3 is 1. The number of benzene rings is 3. The highest BCUT2D eigenvalue weighted by molar-refractivity contribution is 5.86. The molecule has 3 N–H and O–H groups in total. The molecule has 0 bridgehead atoms. The summed E-state index contributed by atoms with van der Waals surface area (Å²) in [7, 11) is 1.56. The van der Waals surface area contributed by atoms with Crippen molar-refractivity contribution in [2.45, 2.75) is 32.3 Å². The maximum Gasteiger partial charge on any atom is 0.281 e. The Kier molecular flexibility index (Phi) is 8.50. The number of amides is 1.